The summed E-state index contributed by atoms with van der Waals surface area (Å²) in [5.41, 5.74) is 0.395. The van der Waals surface area contributed by atoms with E-state index in [4.69, 9.17) is 0 Å². The van der Waals surface area contributed by atoms with Crippen LogP contribution in [0.15, 0.2) is 42.5 Å². The van der Waals surface area contributed by atoms with E-state index < -0.39 is 11.6 Å². The highest BCUT2D eigenvalue weighted by molar-refractivity contribution is 5.99. The molecule has 1 N–H and O–H groups in total. The van der Waals surface area contributed by atoms with E-state index in [1.807, 2.05) is 0 Å². The molecule has 3 nitrogen and oxygen atoms in total. The first kappa shape index (κ1) is 15.1. The van der Waals surface area contributed by atoms with Crippen molar-refractivity contribution in [1.82, 2.24) is 4.90 Å². The molecule has 0 fully saturated rings. The van der Waals surface area contributed by atoms with Crippen LogP contribution in [0.4, 0.5) is 8.78 Å². The Balaban J connectivity index is 2.06. The summed E-state index contributed by atoms with van der Waals surface area (Å²) in [6.07, 6.45) is 0. The van der Waals surface area contributed by atoms with E-state index in [2.05, 4.69) is 0 Å². The SMILES string of the molecule is CN(CC(=O)c1cc(F)ccc1O)Cc1ccccc1F. The van der Waals surface area contributed by atoms with Crippen LogP contribution >= 0.6 is 0 Å². The van der Waals surface area contributed by atoms with E-state index in [1.54, 1.807) is 30.1 Å². The number of rotatable bonds is 5. The number of nitrogens with zero attached hydrogens (tertiary/aromatic N) is 1. The van der Waals surface area contributed by atoms with Crippen molar-refractivity contribution in [2.24, 2.45) is 0 Å². The molecule has 0 saturated carbocycles. The summed E-state index contributed by atoms with van der Waals surface area (Å²) in [7, 11) is 1.65. The molecule has 21 heavy (non-hydrogen) atoms. The van der Waals surface area contributed by atoms with Crippen LogP contribution in [0.2, 0.25) is 0 Å². The van der Waals surface area contributed by atoms with Crippen LogP contribution in [0.25, 0.3) is 0 Å². The predicted octanol–water partition coefficient (Wildman–Crippen LogP) is 2.99. The molecule has 0 unspecified atom stereocenters. The summed E-state index contributed by atoms with van der Waals surface area (Å²) in [5, 5.41) is 9.59. The van der Waals surface area contributed by atoms with Gasteiger partial charge in [0.05, 0.1) is 12.1 Å². The monoisotopic (exact) mass is 291 g/mol. The Labute approximate surface area is 121 Å². The van der Waals surface area contributed by atoms with Crippen molar-refractivity contribution in [2.75, 3.05) is 13.6 Å². The first-order valence-electron chi connectivity index (χ1n) is 6.41. The highest BCUT2D eigenvalue weighted by Crippen LogP contribution is 2.19. The summed E-state index contributed by atoms with van der Waals surface area (Å²) in [6.45, 7) is 0.194. The average Bonchev–Trinajstić information content (AvgIpc) is 2.44. The number of carbonyl (C=O) groups excluding carboxylic acids is 1. The fourth-order valence-electron chi connectivity index (χ4n) is 2.04. The van der Waals surface area contributed by atoms with Gasteiger partial charge < -0.3 is 5.11 Å². The van der Waals surface area contributed by atoms with E-state index in [0.717, 1.165) is 18.2 Å². The number of hydrogen-bond donors (Lipinski definition) is 1. The van der Waals surface area contributed by atoms with Gasteiger partial charge in [0.15, 0.2) is 5.78 Å². The van der Waals surface area contributed by atoms with Crippen molar-refractivity contribution in [3.05, 3.63) is 65.2 Å². The largest absolute Gasteiger partial charge is 0.507 e. The lowest BCUT2D eigenvalue weighted by atomic mass is 10.1. The number of aromatic hydroxyl groups is 1. The number of carbonyl (C=O) groups is 1. The van der Waals surface area contributed by atoms with E-state index in [1.165, 1.54) is 6.07 Å². The Morgan fingerprint density at radius 1 is 1.19 bits per heavy atom. The highest BCUT2D eigenvalue weighted by Gasteiger charge is 2.15. The molecule has 0 spiro atoms. The van der Waals surface area contributed by atoms with Gasteiger partial charge in [-0.2, -0.15) is 0 Å². The van der Waals surface area contributed by atoms with Crippen LogP contribution in [0.3, 0.4) is 0 Å². The van der Waals surface area contributed by atoms with E-state index in [-0.39, 0.29) is 30.2 Å². The number of ketones is 1. The Morgan fingerprint density at radius 2 is 1.90 bits per heavy atom. The van der Waals surface area contributed by atoms with E-state index in [9.17, 15) is 18.7 Å². The standard InChI is InChI=1S/C16H15F2NO2/c1-19(9-11-4-2-3-5-14(11)18)10-16(21)13-8-12(17)6-7-15(13)20/h2-8,20H,9-10H2,1H3. The first-order valence-corrected chi connectivity index (χ1v) is 6.41. The summed E-state index contributed by atoms with van der Waals surface area (Å²) in [5.74, 6) is -1.62. The molecule has 110 valence electrons. The van der Waals surface area contributed by atoms with Crippen molar-refractivity contribution in [3.8, 4) is 5.75 Å². The van der Waals surface area contributed by atoms with Crippen molar-refractivity contribution in [1.29, 1.82) is 0 Å². The number of likely N-dealkylation sites (N-methyl/N-ethyl adjacent to an activating group) is 1. The zero-order valence-corrected chi connectivity index (χ0v) is 11.5. The minimum absolute atomic E-state index is 0.0503. The number of benzene rings is 2. The van der Waals surface area contributed by atoms with Gasteiger partial charge in [0.25, 0.3) is 0 Å². The van der Waals surface area contributed by atoms with Gasteiger partial charge in [0.2, 0.25) is 0 Å². The minimum Gasteiger partial charge on any atom is -0.507 e. The number of halogens is 2. The molecule has 0 aliphatic carbocycles. The molecule has 0 saturated heterocycles. The maximum Gasteiger partial charge on any atom is 0.180 e. The van der Waals surface area contributed by atoms with Gasteiger partial charge in [0, 0.05) is 12.1 Å². The third-order valence-electron chi connectivity index (χ3n) is 3.07. The highest BCUT2D eigenvalue weighted by atomic mass is 19.1. The lowest BCUT2D eigenvalue weighted by molar-refractivity contribution is 0.0939. The van der Waals surface area contributed by atoms with Gasteiger partial charge in [-0.15, -0.1) is 0 Å². The Bertz CT molecular complexity index is 658. The van der Waals surface area contributed by atoms with Crippen LogP contribution in [0, 0.1) is 11.6 Å². The van der Waals surface area contributed by atoms with Gasteiger partial charge in [0.1, 0.15) is 17.4 Å². The quantitative estimate of drug-likeness (QED) is 0.861. The van der Waals surface area contributed by atoms with Gasteiger partial charge in [-0.25, -0.2) is 8.78 Å². The zero-order valence-electron chi connectivity index (χ0n) is 11.5. The summed E-state index contributed by atoms with van der Waals surface area (Å²) >= 11 is 0. The second-order valence-electron chi connectivity index (χ2n) is 4.85. The number of Topliss-reactive ketones (excluding diaryl/α,β-unsaturated/α-hetero) is 1. The summed E-state index contributed by atoms with van der Waals surface area (Å²) in [4.78, 5) is 13.6. The van der Waals surface area contributed by atoms with Crippen LogP contribution < -0.4 is 0 Å². The molecule has 0 amide bonds. The molecule has 2 aromatic rings. The predicted molar refractivity (Wildman–Crippen MR) is 75.1 cm³/mol. The Morgan fingerprint density at radius 3 is 2.62 bits per heavy atom. The molecule has 0 bridgehead atoms. The van der Waals surface area contributed by atoms with Crippen LogP contribution in [0.1, 0.15) is 15.9 Å². The molecular weight excluding hydrogens is 276 g/mol. The Hall–Kier alpha value is -2.27. The third kappa shape index (κ3) is 3.86. The number of phenols is 1. The minimum atomic E-state index is -0.590. The molecule has 0 heterocycles. The smallest absolute Gasteiger partial charge is 0.180 e. The fourth-order valence-corrected chi connectivity index (χ4v) is 2.04. The number of phenolic OH excluding ortho intramolecular Hbond substituents is 1. The van der Waals surface area contributed by atoms with Crippen molar-refractivity contribution in [3.63, 3.8) is 0 Å². The lowest BCUT2D eigenvalue weighted by Crippen LogP contribution is -2.26. The van der Waals surface area contributed by atoms with Crippen LogP contribution in [-0.2, 0) is 6.54 Å². The molecule has 0 aromatic heterocycles. The van der Waals surface area contributed by atoms with Gasteiger partial charge in [-0.1, -0.05) is 18.2 Å². The van der Waals surface area contributed by atoms with Gasteiger partial charge in [-0.3, -0.25) is 9.69 Å². The fraction of sp³-hybridized carbons (Fsp3) is 0.188. The van der Waals surface area contributed by atoms with Gasteiger partial charge >= 0.3 is 0 Å². The van der Waals surface area contributed by atoms with Crippen LogP contribution in [-0.4, -0.2) is 29.4 Å². The average molecular weight is 291 g/mol. The Kier molecular flexibility index (Phi) is 4.65. The molecule has 2 aromatic carbocycles. The van der Waals surface area contributed by atoms with Crippen molar-refractivity contribution < 1.29 is 18.7 Å². The molecule has 0 aliphatic rings. The maximum atomic E-state index is 13.5. The molecule has 5 heteroatoms. The molecule has 0 radical (unpaired) electrons. The molecule has 2 rings (SSSR count). The van der Waals surface area contributed by atoms with E-state index >= 15 is 0 Å². The lowest BCUT2D eigenvalue weighted by Gasteiger charge is -2.16. The number of hydrogen-bond acceptors (Lipinski definition) is 3. The van der Waals surface area contributed by atoms with Crippen molar-refractivity contribution in [2.45, 2.75) is 6.54 Å². The molecular formula is C16H15F2NO2. The van der Waals surface area contributed by atoms with Gasteiger partial charge in [-0.05, 0) is 31.3 Å². The second kappa shape index (κ2) is 6.45. The third-order valence-corrected chi connectivity index (χ3v) is 3.07. The molecule has 0 aliphatic heterocycles. The normalized spacial score (nSPS) is 10.9. The topological polar surface area (TPSA) is 40.5 Å². The maximum absolute atomic E-state index is 13.5. The summed E-state index contributed by atoms with van der Waals surface area (Å²) < 4.78 is 26.6. The second-order valence-corrected chi connectivity index (χ2v) is 4.85. The molecule has 0 atom stereocenters. The van der Waals surface area contributed by atoms with Crippen LogP contribution in [0.5, 0.6) is 5.75 Å². The van der Waals surface area contributed by atoms with Crippen molar-refractivity contribution >= 4 is 5.78 Å². The summed E-state index contributed by atoms with van der Waals surface area (Å²) in [6, 6.07) is 9.50. The first-order chi connectivity index (χ1) is 9.97. The van der Waals surface area contributed by atoms with E-state index in [0.29, 0.717) is 5.56 Å². The zero-order chi connectivity index (χ0) is 15.4.